The van der Waals surface area contributed by atoms with Gasteiger partial charge in [-0.05, 0) is 30.7 Å². The predicted molar refractivity (Wildman–Crippen MR) is 96.3 cm³/mol. The van der Waals surface area contributed by atoms with Crippen molar-refractivity contribution < 1.29 is 18.7 Å². The third-order valence-electron chi connectivity index (χ3n) is 4.32. The molecule has 1 saturated heterocycles. The van der Waals surface area contributed by atoms with E-state index in [1.165, 1.54) is 6.26 Å². The predicted octanol–water partition coefficient (Wildman–Crippen LogP) is 2.13. The summed E-state index contributed by atoms with van der Waals surface area (Å²) in [5.41, 5.74) is 1.07. The van der Waals surface area contributed by atoms with E-state index in [0.717, 1.165) is 11.3 Å². The van der Waals surface area contributed by atoms with Crippen molar-refractivity contribution in [1.29, 1.82) is 0 Å². The Morgan fingerprint density at radius 2 is 1.81 bits per heavy atom. The first-order chi connectivity index (χ1) is 12.6. The van der Waals surface area contributed by atoms with Gasteiger partial charge in [0.25, 0.3) is 5.91 Å². The maximum Gasteiger partial charge on any atom is 0.317 e. The van der Waals surface area contributed by atoms with Crippen molar-refractivity contribution in [2.75, 3.05) is 39.3 Å². The van der Waals surface area contributed by atoms with Crippen LogP contribution in [0.15, 0.2) is 47.1 Å². The number of carbonyl (C=O) groups is 2. The summed E-state index contributed by atoms with van der Waals surface area (Å²) in [5, 5.41) is 2.85. The molecule has 0 atom stereocenters. The van der Waals surface area contributed by atoms with Crippen molar-refractivity contribution in [3.8, 4) is 5.75 Å². The molecule has 138 valence electrons. The topological polar surface area (TPSA) is 75.0 Å². The minimum Gasteiger partial charge on any atom is -0.491 e. The van der Waals surface area contributed by atoms with E-state index in [9.17, 15) is 9.59 Å². The number of hydrogen-bond acceptors (Lipinski definition) is 4. The summed E-state index contributed by atoms with van der Waals surface area (Å²) in [6, 6.07) is 11.0. The van der Waals surface area contributed by atoms with E-state index < -0.39 is 0 Å². The molecule has 7 heteroatoms. The number of piperazine rings is 1. The molecule has 0 aliphatic carbocycles. The SMILES string of the molecule is Cc1ccccc1OCCNC(=O)N1CCN(C(=O)c2ccco2)CC1. The van der Waals surface area contributed by atoms with Gasteiger partial charge in [-0.3, -0.25) is 4.79 Å². The van der Waals surface area contributed by atoms with Crippen molar-refractivity contribution in [2.24, 2.45) is 0 Å². The lowest BCUT2D eigenvalue weighted by Gasteiger charge is -2.34. The zero-order chi connectivity index (χ0) is 18.4. The van der Waals surface area contributed by atoms with E-state index in [1.807, 2.05) is 31.2 Å². The lowest BCUT2D eigenvalue weighted by atomic mass is 10.2. The molecule has 3 amide bonds. The van der Waals surface area contributed by atoms with Crippen LogP contribution in [0.25, 0.3) is 0 Å². The highest BCUT2D eigenvalue weighted by atomic mass is 16.5. The Morgan fingerprint density at radius 3 is 2.50 bits per heavy atom. The molecule has 0 saturated carbocycles. The highest BCUT2D eigenvalue weighted by Gasteiger charge is 2.25. The number of ether oxygens (including phenoxy) is 1. The number of nitrogens with one attached hydrogen (secondary N) is 1. The third kappa shape index (κ3) is 4.36. The molecule has 1 N–H and O–H groups in total. The van der Waals surface area contributed by atoms with Crippen LogP contribution in [-0.2, 0) is 0 Å². The number of hydrogen-bond donors (Lipinski definition) is 1. The Hall–Kier alpha value is -2.96. The van der Waals surface area contributed by atoms with Crippen LogP contribution in [0.2, 0.25) is 0 Å². The first-order valence-corrected chi connectivity index (χ1v) is 8.69. The minimum atomic E-state index is -0.137. The van der Waals surface area contributed by atoms with Crippen molar-refractivity contribution in [3.63, 3.8) is 0 Å². The molecular weight excluding hydrogens is 334 g/mol. The van der Waals surface area contributed by atoms with Crippen LogP contribution < -0.4 is 10.1 Å². The van der Waals surface area contributed by atoms with Gasteiger partial charge in [0.1, 0.15) is 12.4 Å². The third-order valence-corrected chi connectivity index (χ3v) is 4.32. The molecule has 0 spiro atoms. The van der Waals surface area contributed by atoms with Crippen molar-refractivity contribution in [2.45, 2.75) is 6.92 Å². The van der Waals surface area contributed by atoms with Gasteiger partial charge in [-0.1, -0.05) is 18.2 Å². The molecule has 2 aromatic rings. The summed E-state index contributed by atoms with van der Waals surface area (Å²) in [5.74, 6) is 1.02. The van der Waals surface area contributed by atoms with Crippen LogP contribution in [0.3, 0.4) is 0 Å². The molecule has 1 aliphatic rings. The van der Waals surface area contributed by atoms with Crippen molar-refractivity contribution in [3.05, 3.63) is 54.0 Å². The summed E-state index contributed by atoms with van der Waals surface area (Å²) in [4.78, 5) is 27.8. The van der Waals surface area contributed by atoms with Crippen LogP contribution in [0.5, 0.6) is 5.75 Å². The Morgan fingerprint density at radius 1 is 1.08 bits per heavy atom. The van der Waals surface area contributed by atoms with E-state index in [1.54, 1.807) is 21.9 Å². The number of benzene rings is 1. The monoisotopic (exact) mass is 357 g/mol. The Labute approximate surface area is 152 Å². The van der Waals surface area contributed by atoms with E-state index >= 15 is 0 Å². The molecule has 2 heterocycles. The lowest BCUT2D eigenvalue weighted by Crippen LogP contribution is -2.53. The summed E-state index contributed by atoms with van der Waals surface area (Å²) in [7, 11) is 0. The molecule has 1 aromatic heterocycles. The number of carbonyl (C=O) groups excluding carboxylic acids is 2. The average molecular weight is 357 g/mol. The lowest BCUT2D eigenvalue weighted by molar-refractivity contribution is 0.0634. The first kappa shape index (κ1) is 17.8. The smallest absolute Gasteiger partial charge is 0.317 e. The van der Waals surface area contributed by atoms with Gasteiger partial charge in [0, 0.05) is 26.2 Å². The normalized spacial score (nSPS) is 14.2. The quantitative estimate of drug-likeness (QED) is 0.832. The van der Waals surface area contributed by atoms with Gasteiger partial charge in [-0.2, -0.15) is 0 Å². The Bertz CT molecular complexity index is 737. The fraction of sp³-hybridized carbons (Fsp3) is 0.368. The maximum atomic E-state index is 12.2. The number of nitrogens with zero attached hydrogens (tertiary/aromatic N) is 2. The first-order valence-electron chi connectivity index (χ1n) is 8.69. The van der Waals surface area contributed by atoms with Gasteiger partial charge in [0.05, 0.1) is 12.8 Å². The highest BCUT2D eigenvalue weighted by molar-refractivity contribution is 5.91. The maximum absolute atomic E-state index is 12.2. The van der Waals surface area contributed by atoms with E-state index in [4.69, 9.17) is 9.15 Å². The second-order valence-electron chi connectivity index (χ2n) is 6.10. The summed E-state index contributed by atoms with van der Waals surface area (Å²) in [6.45, 7) is 4.80. The van der Waals surface area contributed by atoms with Gasteiger partial charge in [0.2, 0.25) is 0 Å². The van der Waals surface area contributed by atoms with Crippen LogP contribution in [0.4, 0.5) is 4.79 Å². The standard InChI is InChI=1S/C19H23N3O4/c1-15-5-2-3-6-16(15)26-14-8-20-19(24)22-11-9-21(10-12-22)18(23)17-7-4-13-25-17/h2-7,13H,8-12,14H2,1H3,(H,20,24). The molecule has 0 unspecified atom stereocenters. The minimum absolute atomic E-state index is 0.136. The fourth-order valence-corrected chi connectivity index (χ4v) is 2.82. The molecule has 7 nitrogen and oxygen atoms in total. The molecule has 0 bridgehead atoms. The van der Waals surface area contributed by atoms with Crippen LogP contribution in [0, 0.1) is 6.92 Å². The molecule has 1 aromatic carbocycles. The van der Waals surface area contributed by atoms with Gasteiger partial charge in [-0.25, -0.2) is 4.79 Å². The van der Waals surface area contributed by atoms with E-state index in [2.05, 4.69) is 5.32 Å². The number of urea groups is 1. The summed E-state index contributed by atoms with van der Waals surface area (Å²) in [6.07, 6.45) is 1.48. The highest BCUT2D eigenvalue weighted by Crippen LogP contribution is 2.15. The number of aryl methyl sites for hydroxylation is 1. The molecule has 26 heavy (non-hydrogen) atoms. The molecular formula is C19H23N3O4. The second-order valence-corrected chi connectivity index (χ2v) is 6.10. The average Bonchev–Trinajstić information content (AvgIpc) is 3.20. The van der Waals surface area contributed by atoms with Gasteiger partial charge >= 0.3 is 6.03 Å². The molecule has 3 rings (SSSR count). The summed E-state index contributed by atoms with van der Waals surface area (Å²) < 4.78 is 10.8. The second kappa shape index (κ2) is 8.42. The van der Waals surface area contributed by atoms with Crippen LogP contribution >= 0.6 is 0 Å². The summed E-state index contributed by atoms with van der Waals surface area (Å²) >= 11 is 0. The number of amides is 3. The Kier molecular flexibility index (Phi) is 5.78. The van der Waals surface area contributed by atoms with Crippen molar-refractivity contribution in [1.82, 2.24) is 15.1 Å². The number of furan rings is 1. The molecule has 0 radical (unpaired) electrons. The Balaban J connectivity index is 1.37. The van der Waals surface area contributed by atoms with E-state index in [-0.39, 0.29) is 11.9 Å². The van der Waals surface area contributed by atoms with Gasteiger partial charge in [-0.15, -0.1) is 0 Å². The van der Waals surface area contributed by atoms with Crippen molar-refractivity contribution >= 4 is 11.9 Å². The number of rotatable bonds is 5. The number of para-hydroxylation sites is 1. The largest absolute Gasteiger partial charge is 0.491 e. The molecule has 1 fully saturated rings. The van der Waals surface area contributed by atoms with Crippen LogP contribution in [0.1, 0.15) is 16.1 Å². The van der Waals surface area contributed by atoms with E-state index in [0.29, 0.717) is 45.1 Å². The fourth-order valence-electron chi connectivity index (χ4n) is 2.82. The van der Waals surface area contributed by atoms with Gasteiger partial charge < -0.3 is 24.3 Å². The van der Waals surface area contributed by atoms with Crippen LogP contribution in [-0.4, -0.2) is 61.1 Å². The van der Waals surface area contributed by atoms with Gasteiger partial charge in [0.15, 0.2) is 5.76 Å². The molecule has 1 aliphatic heterocycles. The zero-order valence-corrected chi connectivity index (χ0v) is 14.8. The zero-order valence-electron chi connectivity index (χ0n) is 14.8.